The predicted octanol–water partition coefficient (Wildman–Crippen LogP) is 3.52. The van der Waals surface area contributed by atoms with Crippen LogP contribution >= 0.6 is 0 Å². The number of nitrogens with zero attached hydrogens (tertiary/aromatic N) is 1. The van der Waals surface area contributed by atoms with E-state index in [1.165, 1.54) is 0 Å². The number of ether oxygens (including phenoxy) is 1. The maximum absolute atomic E-state index is 12.8. The molecule has 0 radical (unpaired) electrons. The van der Waals surface area contributed by atoms with Crippen molar-refractivity contribution < 1.29 is 26.3 Å². The van der Waals surface area contributed by atoms with Gasteiger partial charge >= 0.3 is 6.18 Å². The number of anilines is 1. The summed E-state index contributed by atoms with van der Waals surface area (Å²) < 4.78 is 70.8. The minimum atomic E-state index is -4.59. The van der Waals surface area contributed by atoms with Crippen LogP contribution in [0.15, 0.2) is 53.4 Å². The maximum Gasteiger partial charge on any atom is 0.416 e. The summed E-state index contributed by atoms with van der Waals surface area (Å²) in [6.45, 7) is 1.62. The van der Waals surface area contributed by atoms with E-state index in [2.05, 4.69) is 9.62 Å². The molecule has 0 aliphatic carbocycles. The largest absolute Gasteiger partial charge is 0.497 e. The number of halogens is 3. The summed E-state index contributed by atoms with van der Waals surface area (Å²) in [7, 11) is -2.41. The normalized spacial score (nSPS) is 17.7. The van der Waals surface area contributed by atoms with Gasteiger partial charge in [0.05, 0.1) is 17.6 Å². The zero-order valence-corrected chi connectivity index (χ0v) is 16.1. The molecule has 2 aromatic carbocycles. The molecule has 1 saturated heterocycles. The van der Waals surface area contributed by atoms with Crippen LogP contribution in [0, 0.1) is 5.92 Å². The Bertz CT molecular complexity index is 915. The molecule has 0 amide bonds. The van der Waals surface area contributed by atoms with Gasteiger partial charge in [-0.15, -0.1) is 0 Å². The highest BCUT2D eigenvalue weighted by atomic mass is 32.2. The highest BCUT2D eigenvalue weighted by molar-refractivity contribution is 7.89. The minimum absolute atomic E-state index is 0.0719. The molecule has 0 unspecified atom stereocenters. The van der Waals surface area contributed by atoms with Crippen LogP contribution in [-0.4, -0.2) is 35.2 Å². The molecule has 1 fully saturated rings. The third-order valence-electron chi connectivity index (χ3n) is 4.76. The van der Waals surface area contributed by atoms with Gasteiger partial charge in [-0.2, -0.15) is 13.2 Å². The first-order chi connectivity index (χ1) is 13.2. The molecular formula is C19H21F3N2O3S. The van der Waals surface area contributed by atoms with Gasteiger partial charge in [-0.3, -0.25) is 0 Å². The van der Waals surface area contributed by atoms with E-state index in [4.69, 9.17) is 4.74 Å². The van der Waals surface area contributed by atoms with E-state index in [0.717, 1.165) is 42.6 Å². The van der Waals surface area contributed by atoms with Gasteiger partial charge in [0.25, 0.3) is 0 Å². The Morgan fingerprint density at radius 3 is 2.54 bits per heavy atom. The van der Waals surface area contributed by atoms with E-state index in [-0.39, 0.29) is 17.4 Å². The van der Waals surface area contributed by atoms with Crippen molar-refractivity contribution in [3.63, 3.8) is 0 Å². The first-order valence-corrected chi connectivity index (χ1v) is 10.2. The lowest BCUT2D eigenvalue weighted by Gasteiger charge is -2.19. The van der Waals surface area contributed by atoms with Crippen LogP contribution in [-0.2, 0) is 16.2 Å². The average molecular weight is 414 g/mol. The fraction of sp³-hybridized carbons (Fsp3) is 0.368. The molecule has 1 atom stereocenters. The smallest absolute Gasteiger partial charge is 0.416 e. The molecule has 0 aromatic heterocycles. The number of nitrogens with one attached hydrogen (secondary N) is 1. The molecule has 0 spiro atoms. The number of methoxy groups -OCH3 is 1. The van der Waals surface area contributed by atoms with Crippen molar-refractivity contribution in [3.8, 4) is 5.75 Å². The predicted molar refractivity (Wildman–Crippen MR) is 99.9 cm³/mol. The van der Waals surface area contributed by atoms with Crippen molar-refractivity contribution >= 4 is 15.7 Å². The molecule has 1 aliphatic rings. The van der Waals surface area contributed by atoms with E-state index in [1.54, 1.807) is 7.11 Å². The van der Waals surface area contributed by atoms with Crippen LogP contribution in [0.2, 0.25) is 0 Å². The van der Waals surface area contributed by atoms with Crippen LogP contribution in [0.5, 0.6) is 5.75 Å². The van der Waals surface area contributed by atoms with Crippen molar-refractivity contribution in [1.29, 1.82) is 0 Å². The number of alkyl halides is 3. The highest BCUT2D eigenvalue weighted by Crippen LogP contribution is 2.30. The molecule has 0 saturated carbocycles. The summed E-state index contributed by atoms with van der Waals surface area (Å²) in [5.41, 5.74) is 0.0333. The third kappa shape index (κ3) is 4.77. The van der Waals surface area contributed by atoms with Crippen molar-refractivity contribution in [2.45, 2.75) is 17.5 Å². The van der Waals surface area contributed by atoms with Crippen LogP contribution in [0.1, 0.15) is 12.0 Å². The summed E-state index contributed by atoms with van der Waals surface area (Å²) in [5.74, 6) is 0.830. The lowest BCUT2D eigenvalue weighted by molar-refractivity contribution is -0.137. The first kappa shape index (κ1) is 20.5. The molecule has 9 heteroatoms. The second-order valence-corrected chi connectivity index (χ2v) is 8.44. The Hall–Kier alpha value is -2.26. The molecule has 28 heavy (non-hydrogen) atoms. The van der Waals surface area contributed by atoms with Crippen LogP contribution < -0.4 is 14.4 Å². The van der Waals surface area contributed by atoms with Gasteiger partial charge in [0.2, 0.25) is 10.0 Å². The van der Waals surface area contributed by atoms with Gasteiger partial charge in [0, 0.05) is 25.3 Å². The van der Waals surface area contributed by atoms with E-state index in [1.807, 2.05) is 24.3 Å². The third-order valence-corrected chi connectivity index (χ3v) is 6.18. The quantitative estimate of drug-likeness (QED) is 0.786. The van der Waals surface area contributed by atoms with Crippen molar-refractivity contribution in [2.75, 3.05) is 31.6 Å². The monoisotopic (exact) mass is 414 g/mol. The van der Waals surface area contributed by atoms with Crippen molar-refractivity contribution in [2.24, 2.45) is 5.92 Å². The van der Waals surface area contributed by atoms with E-state index >= 15 is 0 Å². The summed E-state index contributed by atoms with van der Waals surface area (Å²) >= 11 is 0. The summed E-state index contributed by atoms with van der Waals surface area (Å²) in [5, 5.41) is 0. The van der Waals surface area contributed by atoms with Crippen LogP contribution in [0.4, 0.5) is 18.9 Å². The molecular weight excluding hydrogens is 393 g/mol. The van der Waals surface area contributed by atoms with Gasteiger partial charge < -0.3 is 9.64 Å². The first-order valence-electron chi connectivity index (χ1n) is 8.75. The summed E-state index contributed by atoms with van der Waals surface area (Å²) in [4.78, 5) is 1.76. The number of benzene rings is 2. The fourth-order valence-corrected chi connectivity index (χ4v) is 4.34. The number of hydrogen-bond donors (Lipinski definition) is 1. The molecule has 1 aliphatic heterocycles. The topological polar surface area (TPSA) is 58.6 Å². The van der Waals surface area contributed by atoms with Gasteiger partial charge in [0.1, 0.15) is 5.75 Å². The standard InChI is InChI=1S/C19H21F3N2O3S/c1-27-17-7-5-16(6-8-17)24-10-9-14(13-24)12-23-28(25,26)18-4-2-3-15(11-18)19(20,21)22/h2-8,11,14,23H,9-10,12-13H2,1H3/t14-/m1/s1. The van der Waals surface area contributed by atoms with Gasteiger partial charge in [0.15, 0.2) is 0 Å². The SMILES string of the molecule is COc1ccc(N2CC[C@H](CNS(=O)(=O)c3cccc(C(F)(F)F)c3)C2)cc1. The lowest BCUT2D eigenvalue weighted by atomic mass is 10.1. The van der Waals surface area contributed by atoms with Crippen LogP contribution in [0.25, 0.3) is 0 Å². The molecule has 0 bridgehead atoms. The number of hydrogen-bond acceptors (Lipinski definition) is 4. The molecule has 152 valence electrons. The zero-order chi connectivity index (χ0) is 20.4. The Kier molecular flexibility index (Phi) is 5.85. The van der Waals surface area contributed by atoms with E-state index < -0.39 is 21.8 Å². The molecule has 2 aromatic rings. The minimum Gasteiger partial charge on any atom is -0.497 e. The highest BCUT2D eigenvalue weighted by Gasteiger charge is 2.32. The zero-order valence-electron chi connectivity index (χ0n) is 15.2. The van der Waals surface area contributed by atoms with Crippen molar-refractivity contribution in [1.82, 2.24) is 4.72 Å². The second-order valence-electron chi connectivity index (χ2n) is 6.68. The molecule has 3 rings (SSSR count). The Morgan fingerprint density at radius 2 is 1.89 bits per heavy atom. The Labute approximate surface area is 162 Å². The molecule has 1 N–H and O–H groups in total. The van der Waals surface area contributed by atoms with E-state index in [9.17, 15) is 21.6 Å². The molecule has 5 nitrogen and oxygen atoms in total. The van der Waals surface area contributed by atoms with Crippen LogP contribution in [0.3, 0.4) is 0 Å². The van der Waals surface area contributed by atoms with Gasteiger partial charge in [-0.05, 0) is 54.8 Å². The Balaban J connectivity index is 1.61. The Morgan fingerprint density at radius 1 is 1.18 bits per heavy atom. The second kappa shape index (κ2) is 8.00. The summed E-state index contributed by atoms with van der Waals surface area (Å²) in [6, 6.07) is 11.4. The van der Waals surface area contributed by atoms with Gasteiger partial charge in [-0.1, -0.05) is 6.07 Å². The van der Waals surface area contributed by atoms with E-state index in [0.29, 0.717) is 12.6 Å². The average Bonchev–Trinajstić information content (AvgIpc) is 3.15. The fourth-order valence-electron chi connectivity index (χ4n) is 3.18. The van der Waals surface area contributed by atoms with Crippen molar-refractivity contribution in [3.05, 3.63) is 54.1 Å². The van der Waals surface area contributed by atoms with Gasteiger partial charge in [-0.25, -0.2) is 13.1 Å². The molecule has 1 heterocycles. The maximum atomic E-state index is 12.8. The summed E-state index contributed by atoms with van der Waals surface area (Å²) in [6.07, 6.45) is -3.80. The lowest BCUT2D eigenvalue weighted by Crippen LogP contribution is -2.31. The number of rotatable bonds is 6. The number of sulfonamides is 1.